The Morgan fingerprint density at radius 2 is 1.78 bits per heavy atom. The fraction of sp³-hybridized carbons (Fsp3) is 0.214. The highest BCUT2D eigenvalue weighted by atomic mass is 35.5. The van der Waals surface area contributed by atoms with Crippen molar-refractivity contribution in [3.8, 4) is 0 Å². The molecule has 0 bridgehead atoms. The molecule has 4 heteroatoms. The molecule has 1 heterocycles. The van der Waals surface area contributed by atoms with Crippen molar-refractivity contribution in [1.29, 1.82) is 0 Å². The van der Waals surface area contributed by atoms with Crippen LogP contribution in [-0.2, 0) is 13.1 Å². The number of aromatic nitrogens is 1. The van der Waals surface area contributed by atoms with E-state index < -0.39 is 0 Å². The van der Waals surface area contributed by atoms with E-state index in [1.165, 1.54) is 0 Å². The summed E-state index contributed by atoms with van der Waals surface area (Å²) in [6.45, 7) is 1.53. The highest BCUT2D eigenvalue weighted by Crippen LogP contribution is 2.17. The molecule has 0 aliphatic carbocycles. The van der Waals surface area contributed by atoms with Gasteiger partial charge in [-0.1, -0.05) is 47.5 Å². The second kappa shape index (κ2) is 6.19. The van der Waals surface area contributed by atoms with Crippen LogP contribution in [0.4, 0.5) is 0 Å². The third-order valence-corrected chi connectivity index (χ3v) is 3.18. The minimum atomic E-state index is 0.527. The highest BCUT2D eigenvalue weighted by molar-refractivity contribution is 6.31. The van der Waals surface area contributed by atoms with E-state index in [4.69, 9.17) is 23.2 Å². The zero-order chi connectivity index (χ0) is 13.0. The molecule has 0 aliphatic rings. The zero-order valence-electron chi connectivity index (χ0n) is 10.1. The topological polar surface area (TPSA) is 16.1 Å². The summed E-state index contributed by atoms with van der Waals surface area (Å²) in [6, 6.07) is 13.5. The number of nitrogens with zero attached hydrogens (tertiary/aromatic N) is 2. The molecule has 2 aromatic rings. The molecule has 0 N–H and O–H groups in total. The summed E-state index contributed by atoms with van der Waals surface area (Å²) in [4.78, 5) is 6.42. The Morgan fingerprint density at radius 3 is 2.50 bits per heavy atom. The first kappa shape index (κ1) is 13.3. The van der Waals surface area contributed by atoms with Gasteiger partial charge in [0.05, 0.1) is 5.69 Å². The van der Waals surface area contributed by atoms with Crippen LogP contribution >= 0.6 is 23.2 Å². The van der Waals surface area contributed by atoms with Gasteiger partial charge < -0.3 is 0 Å². The van der Waals surface area contributed by atoms with Gasteiger partial charge in [-0.2, -0.15) is 0 Å². The van der Waals surface area contributed by atoms with Gasteiger partial charge in [0, 0.05) is 18.1 Å². The van der Waals surface area contributed by atoms with Crippen molar-refractivity contribution in [3.63, 3.8) is 0 Å². The molecule has 0 spiro atoms. The second-order valence-electron chi connectivity index (χ2n) is 4.22. The molecule has 0 atom stereocenters. The SMILES string of the molecule is CN(Cc1cccc(Cl)n1)Cc1ccccc1Cl. The number of rotatable bonds is 4. The maximum Gasteiger partial charge on any atom is 0.129 e. The molecule has 2 nitrogen and oxygen atoms in total. The minimum Gasteiger partial charge on any atom is -0.296 e. The largest absolute Gasteiger partial charge is 0.296 e. The van der Waals surface area contributed by atoms with Crippen LogP contribution in [-0.4, -0.2) is 16.9 Å². The molecule has 0 fully saturated rings. The molecule has 0 unspecified atom stereocenters. The van der Waals surface area contributed by atoms with E-state index in [0.717, 1.165) is 29.4 Å². The van der Waals surface area contributed by atoms with E-state index in [1.807, 2.05) is 43.4 Å². The van der Waals surface area contributed by atoms with Crippen molar-refractivity contribution in [1.82, 2.24) is 9.88 Å². The van der Waals surface area contributed by atoms with Crippen molar-refractivity contribution in [2.45, 2.75) is 13.1 Å². The first-order chi connectivity index (χ1) is 8.65. The van der Waals surface area contributed by atoms with E-state index in [-0.39, 0.29) is 0 Å². The lowest BCUT2D eigenvalue weighted by atomic mass is 10.2. The predicted octanol–water partition coefficient (Wildman–Crippen LogP) is 4.02. The van der Waals surface area contributed by atoms with Crippen LogP contribution in [0.25, 0.3) is 0 Å². The highest BCUT2D eigenvalue weighted by Gasteiger charge is 2.05. The lowest BCUT2D eigenvalue weighted by molar-refractivity contribution is 0.315. The van der Waals surface area contributed by atoms with E-state index in [2.05, 4.69) is 9.88 Å². The lowest BCUT2D eigenvalue weighted by Gasteiger charge is -2.17. The average molecular weight is 281 g/mol. The lowest BCUT2D eigenvalue weighted by Crippen LogP contribution is -2.18. The van der Waals surface area contributed by atoms with Crippen LogP contribution in [0.3, 0.4) is 0 Å². The number of hydrogen-bond donors (Lipinski definition) is 0. The Labute approximate surface area is 117 Å². The standard InChI is InChI=1S/C14H14Cl2N2/c1-18(9-11-5-2-3-7-13(11)15)10-12-6-4-8-14(16)17-12/h2-8H,9-10H2,1H3. The number of hydrogen-bond acceptors (Lipinski definition) is 2. The molecular formula is C14H14Cl2N2. The Balaban J connectivity index is 2.01. The second-order valence-corrected chi connectivity index (χ2v) is 5.01. The summed E-state index contributed by atoms with van der Waals surface area (Å²) < 4.78 is 0. The normalized spacial score (nSPS) is 10.9. The Bertz CT molecular complexity index is 529. The number of benzene rings is 1. The van der Waals surface area contributed by atoms with Gasteiger partial charge in [0.15, 0.2) is 0 Å². The first-order valence-corrected chi connectivity index (χ1v) is 6.44. The Hall–Kier alpha value is -1.09. The van der Waals surface area contributed by atoms with Gasteiger partial charge in [0.2, 0.25) is 0 Å². The minimum absolute atomic E-state index is 0.527. The van der Waals surface area contributed by atoms with Crippen LogP contribution < -0.4 is 0 Å². The van der Waals surface area contributed by atoms with Crippen molar-refractivity contribution in [2.24, 2.45) is 0 Å². The summed E-state index contributed by atoms with van der Waals surface area (Å²) in [5.41, 5.74) is 2.07. The molecule has 1 aromatic carbocycles. The van der Waals surface area contributed by atoms with Crippen molar-refractivity contribution >= 4 is 23.2 Å². The molecule has 0 amide bonds. The number of halogens is 2. The van der Waals surface area contributed by atoms with E-state index >= 15 is 0 Å². The summed E-state index contributed by atoms with van der Waals surface area (Å²) in [5.74, 6) is 0. The molecule has 0 saturated heterocycles. The maximum atomic E-state index is 6.13. The van der Waals surface area contributed by atoms with Crippen LogP contribution in [0.15, 0.2) is 42.5 Å². The van der Waals surface area contributed by atoms with Crippen LogP contribution in [0.5, 0.6) is 0 Å². The number of pyridine rings is 1. The van der Waals surface area contributed by atoms with Crippen molar-refractivity contribution < 1.29 is 0 Å². The molecule has 1 aromatic heterocycles. The van der Waals surface area contributed by atoms with Gasteiger partial charge in [-0.25, -0.2) is 4.98 Å². The monoisotopic (exact) mass is 280 g/mol. The Morgan fingerprint density at radius 1 is 1.00 bits per heavy atom. The van der Waals surface area contributed by atoms with Crippen LogP contribution in [0, 0.1) is 0 Å². The Kier molecular flexibility index (Phi) is 4.59. The van der Waals surface area contributed by atoms with Crippen LogP contribution in [0.2, 0.25) is 10.2 Å². The fourth-order valence-corrected chi connectivity index (χ4v) is 2.17. The predicted molar refractivity (Wildman–Crippen MR) is 75.9 cm³/mol. The quantitative estimate of drug-likeness (QED) is 0.787. The molecule has 2 rings (SSSR count). The zero-order valence-corrected chi connectivity index (χ0v) is 11.6. The summed E-state index contributed by atoms with van der Waals surface area (Å²) in [7, 11) is 2.03. The average Bonchev–Trinajstić information content (AvgIpc) is 2.32. The molecular weight excluding hydrogens is 267 g/mol. The smallest absolute Gasteiger partial charge is 0.129 e. The van der Waals surface area contributed by atoms with Crippen LogP contribution in [0.1, 0.15) is 11.3 Å². The maximum absolute atomic E-state index is 6.13. The third-order valence-electron chi connectivity index (χ3n) is 2.60. The molecule has 0 saturated carbocycles. The van der Waals surface area contributed by atoms with Crippen molar-refractivity contribution in [2.75, 3.05) is 7.05 Å². The van der Waals surface area contributed by atoms with Gasteiger partial charge in [-0.05, 0) is 30.8 Å². The summed E-state index contributed by atoms with van der Waals surface area (Å²) in [5, 5.41) is 1.32. The molecule has 0 radical (unpaired) electrons. The van der Waals surface area contributed by atoms with Crippen molar-refractivity contribution in [3.05, 3.63) is 63.9 Å². The van der Waals surface area contributed by atoms with Gasteiger partial charge in [-0.15, -0.1) is 0 Å². The van der Waals surface area contributed by atoms with Gasteiger partial charge in [0.1, 0.15) is 5.15 Å². The fourth-order valence-electron chi connectivity index (χ4n) is 1.79. The van der Waals surface area contributed by atoms with E-state index in [0.29, 0.717) is 5.15 Å². The molecule has 94 valence electrons. The summed E-state index contributed by atoms with van der Waals surface area (Å²) in [6.07, 6.45) is 0. The molecule has 0 aliphatic heterocycles. The summed E-state index contributed by atoms with van der Waals surface area (Å²) >= 11 is 12.0. The third kappa shape index (κ3) is 3.70. The van der Waals surface area contributed by atoms with E-state index in [1.54, 1.807) is 6.07 Å². The van der Waals surface area contributed by atoms with Gasteiger partial charge in [0.25, 0.3) is 0 Å². The van der Waals surface area contributed by atoms with E-state index in [9.17, 15) is 0 Å². The first-order valence-electron chi connectivity index (χ1n) is 5.68. The van der Waals surface area contributed by atoms with Gasteiger partial charge >= 0.3 is 0 Å². The molecule has 18 heavy (non-hydrogen) atoms. The van der Waals surface area contributed by atoms with Gasteiger partial charge in [-0.3, -0.25) is 4.90 Å².